The summed E-state index contributed by atoms with van der Waals surface area (Å²) in [6.07, 6.45) is 2.42. The van der Waals surface area contributed by atoms with Gasteiger partial charge in [-0.3, -0.25) is 14.5 Å². The minimum Gasteiger partial charge on any atom is -0.361 e. The summed E-state index contributed by atoms with van der Waals surface area (Å²) >= 11 is 0. The number of para-hydroxylation sites is 1. The molecule has 29 heavy (non-hydrogen) atoms. The van der Waals surface area contributed by atoms with Gasteiger partial charge in [0.25, 0.3) is 5.91 Å². The van der Waals surface area contributed by atoms with Crippen molar-refractivity contribution in [2.45, 2.75) is 31.3 Å². The van der Waals surface area contributed by atoms with E-state index in [1.165, 1.54) is 0 Å². The van der Waals surface area contributed by atoms with Gasteiger partial charge in [0.2, 0.25) is 5.91 Å². The summed E-state index contributed by atoms with van der Waals surface area (Å²) in [6, 6.07) is 6.28. The van der Waals surface area contributed by atoms with Crippen molar-refractivity contribution in [3.63, 3.8) is 0 Å². The summed E-state index contributed by atoms with van der Waals surface area (Å²) in [5.41, 5.74) is 0.961. The van der Waals surface area contributed by atoms with Crippen molar-refractivity contribution >= 4 is 38.6 Å². The predicted molar refractivity (Wildman–Crippen MR) is 106 cm³/mol. The predicted octanol–water partition coefficient (Wildman–Crippen LogP) is 0.324. The van der Waals surface area contributed by atoms with Crippen LogP contribution in [0.5, 0.6) is 0 Å². The van der Waals surface area contributed by atoms with Crippen molar-refractivity contribution in [1.82, 2.24) is 20.5 Å². The van der Waals surface area contributed by atoms with E-state index >= 15 is 0 Å². The number of carbonyl (C=O) groups is 3. The molecule has 2 atom stereocenters. The highest BCUT2D eigenvalue weighted by Crippen LogP contribution is 2.23. The monoisotopic (exact) mass is 418 g/mol. The summed E-state index contributed by atoms with van der Waals surface area (Å²) < 4.78 is 23.4. The number of imide groups is 1. The van der Waals surface area contributed by atoms with Crippen LogP contribution in [0.15, 0.2) is 30.5 Å². The summed E-state index contributed by atoms with van der Waals surface area (Å²) in [4.78, 5) is 41.3. The molecule has 9 nitrogen and oxygen atoms in total. The van der Waals surface area contributed by atoms with Crippen LogP contribution in [0, 0.1) is 0 Å². The molecule has 0 unspecified atom stereocenters. The molecule has 3 heterocycles. The molecule has 0 bridgehead atoms. The average Bonchev–Trinajstić information content (AvgIpc) is 3.26. The van der Waals surface area contributed by atoms with Gasteiger partial charge in [-0.25, -0.2) is 13.2 Å². The van der Waals surface area contributed by atoms with Gasteiger partial charge in [0.05, 0.1) is 17.0 Å². The van der Waals surface area contributed by atoms with Crippen molar-refractivity contribution in [1.29, 1.82) is 0 Å². The van der Waals surface area contributed by atoms with Crippen LogP contribution < -0.4 is 10.6 Å². The zero-order valence-electron chi connectivity index (χ0n) is 15.9. The van der Waals surface area contributed by atoms with Crippen LogP contribution in [-0.4, -0.2) is 65.8 Å². The second-order valence-electron chi connectivity index (χ2n) is 7.94. The number of nitrogens with one attached hydrogen (secondary N) is 3. The van der Waals surface area contributed by atoms with Crippen molar-refractivity contribution in [2.24, 2.45) is 0 Å². The maximum Gasteiger partial charge on any atom is 0.325 e. The molecule has 0 saturated carbocycles. The lowest BCUT2D eigenvalue weighted by Gasteiger charge is -2.25. The SMILES string of the molecule is C[C@@]1(NC(=O)CN2C(=O)N[C@H](Cc3c[nH]c4ccccc34)C2=O)CCS(=O)(=O)C1. The highest BCUT2D eigenvalue weighted by molar-refractivity contribution is 7.91. The van der Waals surface area contributed by atoms with Gasteiger partial charge in [0, 0.05) is 23.5 Å². The normalized spacial score (nSPS) is 26.1. The summed E-state index contributed by atoms with van der Waals surface area (Å²) in [7, 11) is -3.18. The maximum atomic E-state index is 12.7. The smallest absolute Gasteiger partial charge is 0.325 e. The second kappa shape index (κ2) is 6.87. The molecule has 0 spiro atoms. The molecular weight excluding hydrogens is 396 g/mol. The van der Waals surface area contributed by atoms with Crippen LogP contribution in [0.1, 0.15) is 18.9 Å². The Morgan fingerprint density at radius 3 is 2.79 bits per heavy atom. The van der Waals surface area contributed by atoms with Crippen LogP contribution >= 0.6 is 0 Å². The lowest BCUT2D eigenvalue weighted by Crippen LogP contribution is -2.51. The fourth-order valence-electron chi connectivity index (χ4n) is 4.01. The Morgan fingerprint density at radius 1 is 1.31 bits per heavy atom. The van der Waals surface area contributed by atoms with Gasteiger partial charge in [0.1, 0.15) is 12.6 Å². The molecule has 10 heteroatoms. The summed E-state index contributed by atoms with van der Waals surface area (Å²) in [6.45, 7) is 1.21. The Kier molecular flexibility index (Phi) is 4.60. The summed E-state index contributed by atoms with van der Waals surface area (Å²) in [5.74, 6) is -1.16. The zero-order chi connectivity index (χ0) is 20.8. The quantitative estimate of drug-likeness (QED) is 0.603. The number of H-pyrrole nitrogens is 1. The number of fused-ring (bicyclic) bond motifs is 1. The Labute approximate surface area is 167 Å². The number of rotatable bonds is 5. The first-order valence-electron chi connectivity index (χ1n) is 9.34. The Hall–Kier alpha value is -2.88. The number of aromatic nitrogens is 1. The van der Waals surface area contributed by atoms with Crippen LogP contribution in [0.4, 0.5) is 4.79 Å². The average molecular weight is 418 g/mol. The number of carbonyl (C=O) groups excluding carboxylic acids is 3. The number of sulfone groups is 1. The van der Waals surface area contributed by atoms with E-state index in [1.54, 1.807) is 13.1 Å². The van der Waals surface area contributed by atoms with Crippen LogP contribution in [-0.2, 0) is 25.8 Å². The van der Waals surface area contributed by atoms with E-state index in [9.17, 15) is 22.8 Å². The van der Waals surface area contributed by atoms with Gasteiger partial charge in [-0.2, -0.15) is 0 Å². The lowest BCUT2D eigenvalue weighted by atomic mass is 10.0. The third-order valence-corrected chi connectivity index (χ3v) is 7.36. The number of aromatic amines is 1. The van der Waals surface area contributed by atoms with Crippen LogP contribution in [0.3, 0.4) is 0 Å². The van der Waals surface area contributed by atoms with Gasteiger partial charge < -0.3 is 15.6 Å². The van der Waals surface area contributed by atoms with Gasteiger partial charge in [0.15, 0.2) is 9.84 Å². The van der Waals surface area contributed by atoms with Gasteiger partial charge in [-0.05, 0) is 25.0 Å². The number of nitrogens with zero attached hydrogens (tertiary/aromatic N) is 1. The van der Waals surface area contributed by atoms with E-state index in [1.807, 2.05) is 24.3 Å². The largest absolute Gasteiger partial charge is 0.361 e. The standard InChI is InChI=1S/C19H22N4O5S/c1-19(6-7-29(27,28)11-19)22-16(24)10-23-17(25)15(21-18(23)26)8-12-9-20-14-5-3-2-4-13(12)14/h2-5,9,15,20H,6-8,10-11H2,1H3,(H,21,26)(H,22,24)/t15-,19-/m1/s1. The molecule has 0 radical (unpaired) electrons. The lowest BCUT2D eigenvalue weighted by molar-refractivity contribution is -0.132. The van der Waals surface area contributed by atoms with Crippen LogP contribution in [0.25, 0.3) is 10.9 Å². The molecule has 0 aliphatic carbocycles. The molecule has 4 rings (SSSR count). The summed E-state index contributed by atoms with van der Waals surface area (Å²) in [5, 5.41) is 6.27. The molecular formula is C19H22N4O5S. The number of hydrogen-bond acceptors (Lipinski definition) is 5. The molecule has 2 aliphatic rings. The fraction of sp³-hybridized carbons (Fsp3) is 0.421. The number of benzene rings is 1. The number of urea groups is 1. The van der Waals surface area contributed by atoms with Crippen molar-refractivity contribution in [3.8, 4) is 0 Å². The molecule has 2 fully saturated rings. The van der Waals surface area contributed by atoms with Gasteiger partial charge >= 0.3 is 6.03 Å². The Bertz CT molecular complexity index is 1110. The molecule has 1 aromatic carbocycles. The molecule has 2 aromatic rings. The maximum absolute atomic E-state index is 12.7. The van der Waals surface area contributed by atoms with Crippen molar-refractivity contribution < 1.29 is 22.8 Å². The van der Waals surface area contributed by atoms with Crippen molar-refractivity contribution in [3.05, 3.63) is 36.0 Å². The van der Waals surface area contributed by atoms with Crippen molar-refractivity contribution in [2.75, 3.05) is 18.1 Å². The fourth-order valence-corrected chi connectivity index (χ4v) is 6.11. The number of amides is 4. The highest BCUT2D eigenvalue weighted by Gasteiger charge is 2.42. The van der Waals surface area contributed by atoms with E-state index in [0.29, 0.717) is 12.8 Å². The molecule has 154 valence electrons. The topological polar surface area (TPSA) is 128 Å². The second-order valence-corrected chi connectivity index (χ2v) is 10.1. The molecule has 4 amide bonds. The van der Waals surface area contributed by atoms with E-state index in [-0.39, 0.29) is 11.5 Å². The molecule has 2 saturated heterocycles. The van der Waals surface area contributed by atoms with E-state index < -0.39 is 45.8 Å². The Balaban J connectivity index is 1.41. The third-order valence-electron chi connectivity index (χ3n) is 5.45. The molecule has 1 aromatic heterocycles. The van der Waals surface area contributed by atoms with Crippen LogP contribution in [0.2, 0.25) is 0 Å². The van der Waals surface area contributed by atoms with Gasteiger partial charge in [-0.1, -0.05) is 18.2 Å². The third kappa shape index (κ3) is 3.84. The minimum absolute atomic E-state index is 0.0135. The Morgan fingerprint density at radius 2 is 2.07 bits per heavy atom. The van der Waals surface area contributed by atoms with E-state index in [4.69, 9.17) is 0 Å². The molecule has 3 N–H and O–H groups in total. The van der Waals surface area contributed by atoms with Gasteiger partial charge in [-0.15, -0.1) is 0 Å². The van der Waals surface area contributed by atoms with E-state index in [2.05, 4.69) is 15.6 Å². The highest BCUT2D eigenvalue weighted by atomic mass is 32.2. The molecule has 2 aliphatic heterocycles. The number of hydrogen-bond donors (Lipinski definition) is 3. The zero-order valence-corrected chi connectivity index (χ0v) is 16.7. The van der Waals surface area contributed by atoms with E-state index in [0.717, 1.165) is 21.4 Å². The first-order valence-corrected chi connectivity index (χ1v) is 11.2. The first kappa shape index (κ1) is 19.4. The minimum atomic E-state index is -3.18. The first-order chi connectivity index (χ1) is 13.7.